The van der Waals surface area contributed by atoms with Gasteiger partial charge >= 0.3 is 6.03 Å². The smallest absolute Gasteiger partial charge is 0.315 e. The number of amides is 2. The maximum Gasteiger partial charge on any atom is 0.315 e. The molecule has 150 valence electrons. The van der Waals surface area contributed by atoms with Crippen molar-refractivity contribution in [3.63, 3.8) is 0 Å². The summed E-state index contributed by atoms with van der Waals surface area (Å²) in [7, 11) is 1.63. The molecular weight excluding hydrogens is 354 g/mol. The van der Waals surface area contributed by atoms with Gasteiger partial charge in [-0.2, -0.15) is 0 Å². The van der Waals surface area contributed by atoms with E-state index < -0.39 is 0 Å². The molecule has 2 aromatic carbocycles. The van der Waals surface area contributed by atoms with Gasteiger partial charge in [-0.1, -0.05) is 42.5 Å². The molecule has 6 heteroatoms. The fourth-order valence-corrected chi connectivity index (χ4v) is 3.31. The van der Waals surface area contributed by atoms with Crippen LogP contribution >= 0.6 is 0 Å². The van der Waals surface area contributed by atoms with Gasteiger partial charge in [0.1, 0.15) is 5.75 Å². The third-order valence-electron chi connectivity index (χ3n) is 4.94. The molecule has 1 atom stereocenters. The van der Waals surface area contributed by atoms with E-state index >= 15 is 0 Å². The van der Waals surface area contributed by atoms with Crippen molar-refractivity contribution >= 4 is 6.03 Å². The van der Waals surface area contributed by atoms with Gasteiger partial charge in [0.2, 0.25) is 0 Å². The molecule has 6 nitrogen and oxygen atoms in total. The zero-order valence-corrected chi connectivity index (χ0v) is 16.6. The summed E-state index contributed by atoms with van der Waals surface area (Å²) in [6, 6.07) is 15.7. The average Bonchev–Trinajstić information content (AvgIpc) is 2.74. The summed E-state index contributed by atoms with van der Waals surface area (Å²) in [6.45, 7) is 6.95. The van der Waals surface area contributed by atoms with Gasteiger partial charge in [0, 0.05) is 31.7 Å². The molecule has 1 saturated heterocycles. The molecule has 0 spiro atoms. The van der Waals surface area contributed by atoms with Crippen LogP contribution < -0.4 is 15.4 Å². The predicted octanol–water partition coefficient (Wildman–Crippen LogP) is 3.09. The Morgan fingerprint density at radius 3 is 2.50 bits per heavy atom. The summed E-state index contributed by atoms with van der Waals surface area (Å²) in [5.41, 5.74) is 3.30. The lowest BCUT2D eigenvalue weighted by Crippen LogP contribution is -2.36. The van der Waals surface area contributed by atoms with E-state index in [-0.39, 0.29) is 12.1 Å². The summed E-state index contributed by atoms with van der Waals surface area (Å²) in [5.74, 6) is 0.770. The Hall–Kier alpha value is -2.57. The van der Waals surface area contributed by atoms with Gasteiger partial charge in [0.05, 0.1) is 26.4 Å². The van der Waals surface area contributed by atoms with Crippen LogP contribution in [0.4, 0.5) is 4.79 Å². The molecule has 0 bridgehead atoms. The van der Waals surface area contributed by atoms with E-state index in [1.165, 1.54) is 5.56 Å². The molecule has 3 rings (SSSR count). The quantitative estimate of drug-likeness (QED) is 0.771. The summed E-state index contributed by atoms with van der Waals surface area (Å²) in [5, 5.41) is 5.88. The summed E-state index contributed by atoms with van der Waals surface area (Å²) >= 11 is 0. The lowest BCUT2D eigenvalue weighted by atomic mass is 10.1. The van der Waals surface area contributed by atoms with Crippen molar-refractivity contribution in [1.82, 2.24) is 15.5 Å². The van der Waals surface area contributed by atoms with Crippen molar-refractivity contribution in [2.75, 3.05) is 33.4 Å². The van der Waals surface area contributed by atoms with Crippen LogP contribution in [0.2, 0.25) is 0 Å². The molecule has 0 aliphatic carbocycles. The van der Waals surface area contributed by atoms with Gasteiger partial charge in [0.25, 0.3) is 0 Å². The first-order valence-electron chi connectivity index (χ1n) is 9.71. The number of carbonyl (C=O) groups excluding carboxylic acids is 1. The monoisotopic (exact) mass is 383 g/mol. The van der Waals surface area contributed by atoms with E-state index in [4.69, 9.17) is 9.47 Å². The highest BCUT2D eigenvalue weighted by Crippen LogP contribution is 2.24. The number of carbonyl (C=O) groups is 1. The summed E-state index contributed by atoms with van der Waals surface area (Å²) < 4.78 is 10.7. The average molecular weight is 383 g/mol. The number of benzene rings is 2. The first-order valence-corrected chi connectivity index (χ1v) is 9.71. The number of hydrogen-bond acceptors (Lipinski definition) is 4. The summed E-state index contributed by atoms with van der Waals surface area (Å²) in [4.78, 5) is 14.6. The van der Waals surface area contributed by atoms with E-state index in [2.05, 4.69) is 39.8 Å². The molecule has 0 radical (unpaired) electrons. The Kier molecular flexibility index (Phi) is 7.28. The third-order valence-corrected chi connectivity index (χ3v) is 4.94. The predicted molar refractivity (Wildman–Crippen MR) is 109 cm³/mol. The normalized spacial score (nSPS) is 15.6. The number of rotatable bonds is 7. The first-order chi connectivity index (χ1) is 13.7. The molecule has 1 aliphatic rings. The van der Waals surface area contributed by atoms with Crippen LogP contribution in [0.5, 0.6) is 5.75 Å². The Balaban J connectivity index is 1.46. The largest absolute Gasteiger partial charge is 0.496 e. The SMILES string of the molecule is COc1ccccc1[C@H](C)NC(=O)NCc1ccc(CN2CCOCC2)cc1. The molecule has 2 aromatic rings. The Labute approximate surface area is 166 Å². The molecule has 1 fully saturated rings. The van der Waals surface area contributed by atoms with Crippen LogP contribution in [-0.2, 0) is 17.8 Å². The lowest BCUT2D eigenvalue weighted by Gasteiger charge is -2.26. The first kappa shape index (κ1) is 20.2. The number of methoxy groups -OCH3 is 1. The van der Waals surface area contributed by atoms with E-state index in [1.54, 1.807) is 7.11 Å². The third kappa shape index (κ3) is 5.71. The number of para-hydroxylation sites is 1. The Bertz CT molecular complexity index is 758. The van der Waals surface area contributed by atoms with Crippen molar-refractivity contribution in [2.45, 2.75) is 26.1 Å². The highest BCUT2D eigenvalue weighted by atomic mass is 16.5. The number of nitrogens with one attached hydrogen (secondary N) is 2. The zero-order chi connectivity index (χ0) is 19.8. The second-order valence-electron chi connectivity index (χ2n) is 7.00. The number of morpholine rings is 1. The van der Waals surface area contributed by atoms with Crippen molar-refractivity contribution < 1.29 is 14.3 Å². The van der Waals surface area contributed by atoms with Crippen LogP contribution in [0.3, 0.4) is 0 Å². The number of hydrogen-bond donors (Lipinski definition) is 2. The second kappa shape index (κ2) is 10.1. The lowest BCUT2D eigenvalue weighted by molar-refractivity contribution is 0.0342. The molecule has 0 saturated carbocycles. The molecule has 2 amide bonds. The molecular formula is C22H29N3O3. The summed E-state index contributed by atoms with van der Waals surface area (Å²) in [6.07, 6.45) is 0. The van der Waals surface area contributed by atoms with E-state index in [0.717, 1.165) is 49.7 Å². The van der Waals surface area contributed by atoms with Gasteiger partial charge in [0.15, 0.2) is 0 Å². The van der Waals surface area contributed by atoms with Crippen LogP contribution in [0.1, 0.15) is 29.7 Å². The maximum absolute atomic E-state index is 12.2. The number of nitrogens with zero attached hydrogens (tertiary/aromatic N) is 1. The van der Waals surface area contributed by atoms with Gasteiger partial charge in [-0.15, -0.1) is 0 Å². The standard InChI is InChI=1S/C22H29N3O3/c1-17(20-5-3-4-6-21(20)27-2)24-22(26)23-15-18-7-9-19(10-8-18)16-25-11-13-28-14-12-25/h3-10,17H,11-16H2,1-2H3,(H2,23,24,26)/t17-/m0/s1. The van der Waals surface area contributed by atoms with Crippen LogP contribution in [0.15, 0.2) is 48.5 Å². The molecule has 28 heavy (non-hydrogen) atoms. The highest BCUT2D eigenvalue weighted by molar-refractivity contribution is 5.74. The van der Waals surface area contributed by atoms with Gasteiger partial charge in [-0.05, 0) is 24.1 Å². The van der Waals surface area contributed by atoms with Gasteiger partial charge < -0.3 is 20.1 Å². The fourth-order valence-electron chi connectivity index (χ4n) is 3.31. The topological polar surface area (TPSA) is 62.8 Å². The molecule has 0 unspecified atom stereocenters. The fraction of sp³-hybridized carbons (Fsp3) is 0.409. The zero-order valence-electron chi connectivity index (χ0n) is 16.6. The Morgan fingerprint density at radius 1 is 1.11 bits per heavy atom. The van der Waals surface area contributed by atoms with Gasteiger partial charge in [-0.25, -0.2) is 4.79 Å². The van der Waals surface area contributed by atoms with Crippen LogP contribution in [-0.4, -0.2) is 44.3 Å². The van der Waals surface area contributed by atoms with E-state index in [9.17, 15) is 4.79 Å². The van der Waals surface area contributed by atoms with Crippen molar-refractivity contribution in [1.29, 1.82) is 0 Å². The minimum atomic E-state index is -0.198. The minimum Gasteiger partial charge on any atom is -0.496 e. The molecule has 1 aliphatic heterocycles. The second-order valence-corrected chi connectivity index (χ2v) is 7.00. The number of urea groups is 1. The maximum atomic E-state index is 12.2. The van der Waals surface area contributed by atoms with Crippen molar-refractivity contribution in [2.24, 2.45) is 0 Å². The molecule has 2 N–H and O–H groups in total. The highest BCUT2D eigenvalue weighted by Gasteiger charge is 2.13. The minimum absolute atomic E-state index is 0.146. The van der Waals surface area contributed by atoms with Crippen LogP contribution in [0.25, 0.3) is 0 Å². The molecule has 1 heterocycles. The van der Waals surface area contributed by atoms with Crippen molar-refractivity contribution in [3.05, 3.63) is 65.2 Å². The van der Waals surface area contributed by atoms with Crippen LogP contribution in [0, 0.1) is 0 Å². The van der Waals surface area contributed by atoms with Crippen molar-refractivity contribution in [3.8, 4) is 5.75 Å². The molecule has 0 aromatic heterocycles. The Morgan fingerprint density at radius 2 is 1.79 bits per heavy atom. The van der Waals surface area contributed by atoms with E-state index in [0.29, 0.717) is 6.54 Å². The van der Waals surface area contributed by atoms with E-state index in [1.807, 2.05) is 31.2 Å². The van der Waals surface area contributed by atoms with Gasteiger partial charge in [-0.3, -0.25) is 4.90 Å². The number of ether oxygens (including phenoxy) is 2.